The van der Waals surface area contributed by atoms with Crippen LogP contribution in [0.25, 0.3) is 84.5 Å². The van der Waals surface area contributed by atoms with Crippen LogP contribution >= 0.6 is 34.0 Å². The van der Waals surface area contributed by atoms with E-state index in [2.05, 4.69) is 204 Å². The van der Waals surface area contributed by atoms with E-state index in [1.807, 2.05) is 34.0 Å². The van der Waals surface area contributed by atoms with Gasteiger partial charge in [0.1, 0.15) is 0 Å². The molecule has 61 heavy (non-hydrogen) atoms. The summed E-state index contributed by atoms with van der Waals surface area (Å²) in [4.78, 5) is 5.45. The highest BCUT2D eigenvalue weighted by atomic mass is 32.1. The normalized spacial score (nSPS) is 13.7. The smallest absolute Gasteiger partial charge is 0.0785 e. The van der Waals surface area contributed by atoms with Crippen LogP contribution in [-0.4, -0.2) is 0 Å². The molecule has 0 fully saturated rings. The Morgan fingerprint density at radius 3 is 1.79 bits per heavy atom. The minimum Gasteiger partial charge on any atom is -0.309 e. The number of nitrogens with zero attached hydrogens (tertiary/aromatic N) is 1. The highest BCUT2D eigenvalue weighted by molar-refractivity contribution is 7.26. The van der Waals surface area contributed by atoms with Crippen molar-refractivity contribution in [2.24, 2.45) is 0 Å². The van der Waals surface area contributed by atoms with Gasteiger partial charge in [-0.3, -0.25) is 0 Å². The summed E-state index contributed by atoms with van der Waals surface area (Å²) in [6, 6.07) is 70.8. The van der Waals surface area contributed by atoms with Crippen molar-refractivity contribution in [1.29, 1.82) is 0 Å². The first-order valence-electron chi connectivity index (χ1n) is 20.8. The minimum absolute atomic E-state index is 0.456. The number of para-hydroxylation sites is 1. The summed E-state index contributed by atoms with van der Waals surface area (Å²) in [7, 11) is 0. The lowest BCUT2D eigenvalue weighted by molar-refractivity contribution is 0.766. The summed E-state index contributed by atoms with van der Waals surface area (Å²) in [6.45, 7) is 0. The van der Waals surface area contributed by atoms with Crippen LogP contribution in [0.3, 0.4) is 0 Å². The Morgan fingerprint density at radius 2 is 1.02 bits per heavy atom. The monoisotopic (exact) mass is 827 g/mol. The number of hydrogen-bond acceptors (Lipinski definition) is 4. The average Bonchev–Trinajstić information content (AvgIpc) is 4.13. The molecule has 0 saturated carbocycles. The molecule has 4 heterocycles. The molecule has 0 amide bonds. The van der Waals surface area contributed by atoms with Gasteiger partial charge in [-0.1, -0.05) is 146 Å². The second-order valence-corrected chi connectivity index (χ2v) is 19.2. The lowest BCUT2D eigenvalue weighted by Crippen LogP contribution is -2.36. The molecular formula is C57H33NS3. The molecule has 0 bridgehead atoms. The quantitative estimate of drug-likeness (QED) is 0.160. The Labute approximate surface area is 364 Å². The number of hydrogen-bond donors (Lipinski definition) is 0. The predicted octanol–water partition coefficient (Wildman–Crippen LogP) is 17.1. The second-order valence-electron chi connectivity index (χ2n) is 16.3. The Balaban J connectivity index is 1.09. The van der Waals surface area contributed by atoms with Crippen molar-refractivity contribution in [2.45, 2.75) is 5.41 Å². The molecule has 1 aliphatic heterocycles. The van der Waals surface area contributed by atoms with Gasteiger partial charge < -0.3 is 4.90 Å². The van der Waals surface area contributed by atoms with E-state index >= 15 is 0 Å². The van der Waals surface area contributed by atoms with Gasteiger partial charge in [-0.05, 0) is 114 Å². The van der Waals surface area contributed by atoms with Crippen LogP contribution in [0.5, 0.6) is 0 Å². The molecule has 14 rings (SSSR count). The van der Waals surface area contributed by atoms with Gasteiger partial charge >= 0.3 is 0 Å². The van der Waals surface area contributed by atoms with Gasteiger partial charge in [-0.2, -0.15) is 0 Å². The maximum Gasteiger partial charge on any atom is 0.0785 e. The summed E-state index contributed by atoms with van der Waals surface area (Å²) in [5.41, 5.74) is 13.7. The Morgan fingerprint density at radius 1 is 0.393 bits per heavy atom. The van der Waals surface area contributed by atoms with E-state index in [1.165, 1.54) is 124 Å². The van der Waals surface area contributed by atoms with Gasteiger partial charge in [0.2, 0.25) is 0 Å². The third-order valence-corrected chi connectivity index (χ3v) is 16.6. The Hall–Kier alpha value is -6.82. The van der Waals surface area contributed by atoms with E-state index in [1.54, 1.807) is 0 Å². The summed E-state index contributed by atoms with van der Waals surface area (Å²) >= 11 is 5.72. The van der Waals surface area contributed by atoms with Gasteiger partial charge in [0, 0.05) is 46.3 Å². The maximum atomic E-state index is 2.64. The molecule has 0 atom stereocenters. The van der Waals surface area contributed by atoms with Gasteiger partial charge in [0.25, 0.3) is 0 Å². The van der Waals surface area contributed by atoms with Crippen molar-refractivity contribution in [2.75, 3.05) is 4.90 Å². The number of rotatable bonds is 3. The number of benzene rings is 9. The molecule has 4 heteroatoms. The molecule has 0 radical (unpaired) electrons. The third kappa shape index (κ3) is 4.49. The number of thiophene rings is 3. The molecule has 1 nitrogen and oxygen atoms in total. The molecule has 1 aliphatic carbocycles. The van der Waals surface area contributed by atoms with Crippen LogP contribution in [0.4, 0.5) is 17.1 Å². The highest BCUT2D eigenvalue weighted by Crippen LogP contribution is 2.68. The molecule has 0 N–H and O–H groups in total. The van der Waals surface area contributed by atoms with E-state index < -0.39 is 5.41 Å². The lowest BCUT2D eigenvalue weighted by atomic mass is 9.65. The first kappa shape index (κ1) is 34.0. The van der Waals surface area contributed by atoms with Gasteiger partial charge in [0.15, 0.2) is 0 Å². The van der Waals surface area contributed by atoms with Crippen LogP contribution < -0.4 is 4.90 Å². The van der Waals surface area contributed by atoms with Crippen molar-refractivity contribution in [3.63, 3.8) is 0 Å². The topological polar surface area (TPSA) is 3.24 Å². The van der Waals surface area contributed by atoms with E-state index in [-0.39, 0.29) is 0 Å². The van der Waals surface area contributed by atoms with Crippen molar-refractivity contribution < 1.29 is 0 Å². The molecule has 1 spiro atoms. The van der Waals surface area contributed by atoms with E-state index in [4.69, 9.17) is 0 Å². The summed E-state index contributed by atoms with van der Waals surface area (Å²) in [5.74, 6) is 0. The SMILES string of the molecule is c1cc(-c2ccc3ccccc3c2)cc(-c2c3ccccc3c(N3c4ccccc4C4(c5ccsc5-c5sccc54)c4c3ccc3c4sc4ccccc43)c3ccccc23)c1. The van der Waals surface area contributed by atoms with Crippen LogP contribution in [0, 0.1) is 0 Å². The summed E-state index contributed by atoms with van der Waals surface area (Å²) < 4.78 is 2.69. The largest absolute Gasteiger partial charge is 0.309 e. The van der Waals surface area contributed by atoms with Crippen molar-refractivity contribution in [3.8, 4) is 32.0 Å². The third-order valence-electron chi connectivity index (χ3n) is 13.4. The van der Waals surface area contributed by atoms with Crippen LogP contribution in [0.2, 0.25) is 0 Å². The van der Waals surface area contributed by atoms with Gasteiger partial charge in [-0.15, -0.1) is 34.0 Å². The van der Waals surface area contributed by atoms with E-state index in [0.29, 0.717) is 0 Å². The molecule has 284 valence electrons. The van der Waals surface area contributed by atoms with E-state index in [0.717, 1.165) is 0 Å². The molecule has 0 unspecified atom stereocenters. The number of anilines is 3. The fourth-order valence-electron chi connectivity index (χ4n) is 11.0. The van der Waals surface area contributed by atoms with Crippen LogP contribution in [0.1, 0.15) is 22.3 Å². The van der Waals surface area contributed by atoms with Crippen LogP contribution in [-0.2, 0) is 5.41 Å². The summed E-state index contributed by atoms with van der Waals surface area (Å²) in [6.07, 6.45) is 0. The first-order valence-corrected chi connectivity index (χ1v) is 23.4. The maximum absolute atomic E-state index is 2.64. The highest BCUT2D eigenvalue weighted by Gasteiger charge is 2.54. The Kier molecular flexibility index (Phi) is 7.02. The number of fused-ring (bicyclic) bond motifs is 16. The first-order chi connectivity index (χ1) is 30.3. The zero-order valence-corrected chi connectivity index (χ0v) is 35.2. The fraction of sp³-hybridized carbons (Fsp3) is 0.0175. The van der Waals surface area contributed by atoms with Gasteiger partial charge in [0.05, 0.1) is 22.5 Å². The molecule has 3 aromatic heterocycles. The molecule has 2 aliphatic rings. The Bertz CT molecular complexity index is 3710. The zero-order chi connectivity index (χ0) is 39.8. The second kappa shape index (κ2) is 12.6. The van der Waals surface area contributed by atoms with Crippen molar-refractivity contribution in [1.82, 2.24) is 0 Å². The zero-order valence-electron chi connectivity index (χ0n) is 32.7. The minimum atomic E-state index is -0.456. The van der Waals surface area contributed by atoms with Crippen molar-refractivity contribution in [3.05, 3.63) is 221 Å². The molecule has 12 aromatic rings. The standard InChI is InChI=1S/C57H33NS3/c1-2-13-35-32-37(25-24-34(35)12-1)36-14-11-15-38(33-36)51-40-17-3-5-19-42(40)53(43-20-6-4-18-41(43)51)58-48-22-9-8-21-45(48)57(46-28-30-59-55(46)56-47(57)29-31-60-56)52-49(58)27-26-44-39-16-7-10-23-50(39)61-54(44)52/h1-33H. The van der Waals surface area contributed by atoms with Crippen LogP contribution in [0.15, 0.2) is 199 Å². The van der Waals surface area contributed by atoms with Gasteiger partial charge in [-0.25, -0.2) is 0 Å². The average molecular weight is 828 g/mol. The lowest BCUT2D eigenvalue weighted by Gasteiger charge is -2.45. The summed E-state index contributed by atoms with van der Waals surface area (Å²) in [5, 5.41) is 14.7. The molecular weight excluding hydrogens is 795 g/mol. The fourth-order valence-corrected chi connectivity index (χ4v) is 14.4. The molecule has 9 aromatic carbocycles. The van der Waals surface area contributed by atoms with E-state index in [9.17, 15) is 0 Å². The predicted molar refractivity (Wildman–Crippen MR) is 264 cm³/mol. The molecule has 0 saturated heterocycles. The van der Waals surface area contributed by atoms with Crippen molar-refractivity contribution >= 4 is 104 Å².